The van der Waals surface area contributed by atoms with Gasteiger partial charge in [0.1, 0.15) is 11.4 Å². The van der Waals surface area contributed by atoms with Crippen molar-refractivity contribution in [2.24, 2.45) is 0 Å². The number of benzene rings is 1. The van der Waals surface area contributed by atoms with Crippen molar-refractivity contribution in [3.05, 3.63) is 34.1 Å². The molecule has 0 saturated carbocycles. The number of rotatable bonds is 6. The van der Waals surface area contributed by atoms with Crippen molar-refractivity contribution < 1.29 is 13.9 Å². The van der Waals surface area contributed by atoms with E-state index in [4.69, 9.17) is 4.74 Å². The Morgan fingerprint density at radius 2 is 2.09 bits per heavy atom. The van der Waals surface area contributed by atoms with Gasteiger partial charge in [-0.2, -0.15) is 0 Å². The van der Waals surface area contributed by atoms with Crippen LogP contribution in [0.1, 0.15) is 32.8 Å². The number of hydrogen-bond donors (Lipinski definition) is 1. The van der Waals surface area contributed by atoms with E-state index >= 15 is 0 Å². The summed E-state index contributed by atoms with van der Waals surface area (Å²) in [6.07, 6.45) is 0.503. The van der Waals surface area contributed by atoms with Crippen molar-refractivity contribution in [3.63, 3.8) is 0 Å². The van der Waals surface area contributed by atoms with Gasteiger partial charge in [-0.25, -0.2) is 9.18 Å². The fraction of sp³-hybridized carbons (Fsp3) is 0.562. The van der Waals surface area contributed by atoms with Crippen LogP contribution in [0, 0.1) is 5.82 Å². The number of nitrogens with zero attached hydrogens (tertiary/aromatic N) is 1. The zero-order chi connectivity index (χ0) is 16.8. The molecule has 0 aliphatic rings. The molecule has 0 bridgehead atoms. The second-order valence-corrected chi connectivity index (χ2v) is 7.02. The van der Waals surface area contributed by atoms with Crippen LogP contribution in [0.4, 0.5) is 9.18 Å². The molecule has 1 rings (SSSR count). The predicted molar refractivity (Wildman–Crippen MR) is 89.3 cm³/mol. The molecule has 0 radical (unpaired) electrons. The summed E-state index contributed by atoms with van der Waals surface area (Å²) in [6.45, 7) is 7.57. The molecule has 0 unspecified atom stereocenters. The highest BCUT2D eigenvalue weighted by molar-refractivity contribution is 9.10. The number of ether oxygens (including phenoxy) is 1. The summed E-state index contributed by atoms with van der Waals surface area (Å²) in [5, 5.41) is 3.27. The average molecular weight is 375 g/mol. The molecule has 0 aromatic heterocycles. The van der Waals surface area contributed by atoms with Crippen molar-refractivity contribution in [1.82, 2.24) is 10.2 Å². The van der Waals surface area contributed by atoms with E-state index in [9.17, 15) is 9.18 Å². The van der Waals surface area contributed by atoms with Crippen molar-refractivity contribution in [3.8, 4) is 0 Å². The Kier molecular flexibility index (Phi) is 7.29. The van der Waals surface area contributed by atoms with Gasteiger partial charge in [0.15, 0.2) is 0 Å². The minimum absolute atomic E-state index is 0.255. The Balaban J connectivity index is 2.24. The number of carbonyl (C=O) groups is 1. The summed E-state index contributed by atoms with van der Waals surface area (Å²) in [6, 6.07) is 4.64. The highest BCUT2D eigenvalue weighted by atomic mass is 79.9. The van der Waals surface area contributed by atoms with Gasteiger partial charge in [-0.3, -0.25) is 0 Å². The predicted octanol–water partition coefficient (Wildman–Crippen LogP) is 3.93. The zero-order valence-electron chi connectivity index (χ0n) is 13.6. The first-order chi connectivity index (χ1) is 10.2. The van der Waals surface area contributed by atoms with Crippen LogP contribution in [0.5, 0.6) is 0 Å². The van der Waals surface area contributed by atoms with E-state index in [1.807, 2.05) is 20.8 Å². The van der Waals surface area contributed by atoms with Gasteiger partial charge >= 0.3 is 6.09 Å². The van der Waals surface area contributed by atoms with Crippen molar-refractivity contribution in [2.45, 2.75) is 39.3 Å². The molecule has 1 amide bonds. The molecule has 0 spiro atoms. The lowest BCUT2D eigenvalue weighted by Gasteiger charge is -2.24. The number of halogens is 2. The highest BCUT2D eigenvalue weighted by Crippen LogP contribution is 2.17. The van der Waals surface area contributed by atoms with Gasteiger partial charge < -0.3 is 15.0 Å². The Bertz CT molecular complexity index is 503. The van der Waals surface area contributed by atoms with Crippen molar-refractivity contribution >= 4 is 22.0 Å². The number of hydrogen-bond acceptors (Lipinski definition) is 3. The smallest absolute Gasteiger partial charge is 0.410 e. The molecule has 0 atom stereocenters. The average Bonchev–Trinajstić information content (AvgIpc) is 2.38. The summed E-state index contributed by atoms with van der Waals surface area (Å²) in [5.41, 5.74) is 0.528. The number of nitrogens with one attached hydrogen (secondary N) is 1. The maximum atomic E-state index is 13.0. The molecule has 22 heavy (non-hydrogen) atoms. The fourth-order valence-electron chi connectivity index (χ4n) is 1.76. The molecule has 4 nitrogen and oxygen atoms in total. The van der Waals surface area contributed by atoms with E-state index in [0.717, 1.165) is 23.0 Å². The third kappa shape index (κ3) is 7.22. The Morgan fingerprint density at radius 3 is 2.68 bits per heavy atom. The van der Waals surface area contributed by atoms with Crippen LogP contribution < -0.4 is 5.32 Å². The molecule has 6 heteroatoms. The van der Waals surface area contributed by atoms with Gasteiger partial charge in [0, 0.05) is 24.6 Å². The first kappa shape index (κ1) is 18.9. The van der Waals surface area contributed by atoms with Crippen LogP contribution in [0.3, 0.4) is 0 Å². The lowest BCUT2D eigenvalue weighted by Crippen LogP contribution is -2.35. The summed E-state index contributed by atoms with van der Waals surface area (Å²) in [5.74, 6) is -0.255. The summed E-state index contributed by atoms with van der Waals surface area (Å²) < 4.78 is 19.0. The van der Waals surface area contributed by atoms with E-state index < -0.39 is 5.60 Å². The molecule has 0 aliphatic heterocycles. The van der Waals surface area contributed by atoms with E-state index in [1.165, 1.54) is 12.1 Å². The maximum Gasteiger partial charge on any atom is 0.410 e. The standard InChI is InChI=1S/C16H24BrFN2O2/c1-16(2,3)22-15(21)20(4)9-5-8-19-11-12-6-7-13(18)10-14(12)17/h6-7,10,19H,5,8-9,11H2,1-4H3. The summed E-state index contributed by atoms with van der Waals surface area (Å²) >= 11 is 3.34. The van der Waals surface area contributed by atoms with Crippen LogP contribution in [-0.2, 0) is 11.3 Å². The molecule has 1 aromatic carbocycles. The van der Waals surface area contributed by atoms with Crippen LogP contribution in [0.2, 0.25) is 0 Å². The monoisotopic (exact) mass is 374 g/mol. The summed E-state index contributed by atoms with van der Waals surface area (Å²) in [7, 11) is 1.73. The molecular formula is C16H24BrFN2O2. The second kappa shape index (κ2) is 8.48. The zero-order valence-corrected chi connectivity index (χ0v) is 15.2. The van der Waals surface area contributed by atoms with Crippen LogP contribution in [0.15, 0.2) is 22.7 Å². The van der Waals surface area contributed by atoms with E-state index in [0.29, 0.717) is 13.1 Å². The first-order valence-corrected chi connectivity index (χ1v) is 8.07. The molecule has 0 fully saturated rings. The van der Waals surface area contributed by atoms with Gasteiger partial charge in [-0.1, -0.05) is 22.0 Å². The van der Waals surface area contributed by atoms with E-state index in [-0.39, 0.29) is 11.9 Å². The van der Waals surface area contributed by atoms with E-state index in [2.05, 4.69) is 21.2 Å². The Hall–Kier alpha value is -1.14. The van der Waals surface area contributed by atoms with Crippen molar-refractivity contribution in [2.75, 3.05) is 20.1 Å². The third-order valence-corrected chi connectivity index (χ3v) is 3.62. The largest absolute Gasteiger partial charge is 0.444 e. The van der Waals surface area contributed by atoms with Gasteiger partial charge in [0.25, 0.3) is 0 Å². The number of amides is 1. The molecule has 1 aromatic rings. The Morgan fingerprint density at radius 1 is 1.41 bits per heavy atom. The van der Waals surface area contributed by atoms with Gasteiger partial charge in [0.2, 0.25) is 0 Å². The molecule has 0 saturated heterocycles. The Labute approximate surface area is 140 Å². The minimum atomic E-state index is -0.474. The summed E-state index contributed by atoms with van der Waals surface area (Å²) in [4.78, 5) is 13.3. The lowest BCUT2D eigenvalue weighted by molar-refractivity contribution is 0.0297. The third-order valence-electron chi connectivity index (χ3n) is 2.88. The highest BCUT2D eigenvalue weighted by Gasteiger charge is 2.18. The van der Waals surface area contributed by atoms with Gasteiger partial charge in [0.05, 0.1) is 0 Å². The lowest BCUT2D eigenvalue weighted by atomic mass is 10.2. The van der Waals surface area contributed by atoms with Crippen molar-refractivity contribution in [1.29, 1.82) is 0 Å². The maximum absolute atomic E-state index is 13.0. The first-order valence-electron chi connectivity index (χ1n) is 7.28. The van der Waals surface area contributed by atoms with Crippen LogP contribution >= 0.6 is 15.9 Å². The van der Waals surface area contributed by atoms with Gasteiger partial charge in [-0.05, 0) is 51.4 Å². The fourth-order valence-corrected chi connectivity index (χ4v) is 2.25. The SMILES string of the molecule is CN(CCCNCc1ccc(F)cc1Br)C(=O)OC(C)(C)C. The molecule has 1 N–H and O–H groups in total. The van der Waals surface area contributed by atoms with Gasteiger partial charge in [-0.15, -0.1) is 0 Å². The van der Waals surface area contributed by atoms with Crippen LogP contribution in [0.25, 0.3) is 0 Å². The quantitative estimate of drug-likeness (QED) is 0.766. The topological polar surface area (TPSA) is 41.6 Å². The molecule has 0 aliphatic carbocycles. The molecule has 124 valence electrons. The van der Waals surface area contributed by atoms with E-state index in [1.54, 1.807) is 18.0 Å². The minimum Gasteiger partial charge on any atom is -0.444 e. The normalized spacial score (nSPS) is 11.4. The number of carbonyl (C=O) groups excluding carboxylic acids is 1. The second-order valence-electron chi connectivity index (χ2n) is 6.17. The molecular weight excluding hydrogens is 351 g/mol. The van der Waals surface area contributed by atoms with Crippen LogP contribution in [-0.4, -0.2) is 36.7 Å². The molecule has 0 heterocycles.